The van der Waals surface area contributed by atoms with Gasteiger partial charge in [-0.1, -0.05) is 26.5 Å². The van der Waals surface area contributed by atoms with Crippen LogP contribution < -0.4 is 0 Å². The first kappa shape index (κ1) is 23.8. The van der Waals surface area contributed by atoms with Crippen molar-refractivity contribution in [2.45, 2.75) is 60.3 Å². The van der Waals surface area contributed by atoms with E-state index in [1.54, 1.807) is 0 Å². The molecule has 36 heavy (non-hydrogen) atoms. The highest BCUT2D eigenvalue weighted by molar-refractivity contribution is 6.24. The molecule has 1 atom stereocenters. The summed E-state index contributed by atoms with van der Waals surface area (Å²) in [6, 6.07) is 6.23. The van der Waals surface area contributed by atoms with Crippen LogP contribution in [0.3, 0.4) is 0 Å². The number of aromatic amines is 2. The number of carboxylic acids is 1. The molecule has 0 radical (unpaired) electrons. The normalized spacial score (nSPS) is 15.4. The molecular weight excluding hydrogens is 448 g/mol. The number of hydrogen-bond acceptors (Lipinski definition) is 3. The summed E-state index contributed by atoms with van der Waals surface area (Å²) in [6.07, 6.45) is 3.49. The number of carbonyl (C=O) groups is 1. The fourth-order valence-corrected chi connectivity index (χ4v) is 5.50. The number of H-pyrrole nitrogens is 2. The van der Waals surface area contributed by atoms with Gasteiger partial charge in [0, 0.05) is 44.9 Å². The second-order valence-electron chi connectivity index (χ2n) is 9.90. The molecule has 0 saturated carbocycles. The zero-order valence-electron chi connectivity index (χ0n) is 21.8. The van der Waals surface area contributed by atoms with Gasteiger partial charge in [-0.25, -0.2) is 9.78 Å². The van der Waals surface area contributed by atoms with E-state index in [0.29, 0.717) is 17.0 Å². The van der Waals surface area contributed by atoms with Crippen molar-refractivity contribution in [3.63, 3.8) is 0 Å². The van der Waals surface area contributed by atoms with Crippen molar-refractivity contribution in [1.82, 2.24) is 19.9 Å². The lowest BCUT2D eigenvalue weighted by atomic mass is 9.99. The van der Waals surface area contributed by atoms with Gasteiger partial charge in [0.2, 0.25) is 0 Å². The molecule has 184 valence electrons. The number of aromatic nitrogens is 4. The number of hydrogen-bond donors (Lipinski definition) is 3. The molecule has 0 spiro atoms. The highest BCUT2D eigenvalue weighted by atomic mass is 16.4. The maximum absolute atomic E-state index is 12.3. The van der Waals surface area contributed by atoms with Crippen LogP contribution in [0.25, 0.3) is 39.3 Å². The van der Waals surface area contributed by atoms with Crippen LogP contribution in [-0.2, 0) is 17.6 Å². The minimum Gasteiger partial charge on any atom is -0.478 e. The third-order valence-electron chi connectivity index (χ3n) is 7.74. The second kappa shape index (κ2) is 8.63. The predicted octanol–water partition coefficient (Wildman–Crippen LogP) is 6.81. The van der Waals surface area contributed by atoms with Crippen LogP contribution in [0, 0.1) is 20.8 Å². The van der Waals surface area contributed by atoms with Gasteiger partial charge in [-0.3, -0.25) is 4.98 Å². The Morgan fingerprint density at radius 1 is 1.03 bits per heavy atom. The minimum atomic E-state index is -0.965. The first-order chi connectivity index (χ1) is 17.1. The highest BCUT2D eigenvalue weighted by Gasteiger charge is 2.27. The van der Waals surface area contributed by atoms with Crippen molar-refractivity contribution in [2.24, 2.45) is 0 Å². The fraction of sp³-hybridized carbons (Fsp3) is 0.300. The van der Waals surface area contributed by atoms with Crippen LogP contribution in [0.4, 0.5) is 0 Å². The Kier molecular flexibility index (Phi) is 5.70. The molecule has 0 amide bonds. The number of nitrogens with one attached hydrogen (secondary N) is 2. The summed E-state index contributed by atoms with van der Waals surface area (Å²) in [5, 5.41) is 10.1. The third kappa shape index (κ3) is 3.60. The first-order valence-corrected chi connectivity index (χ1v) is 12.4. The van der Waals surface area contributed by atoms with E-state index in [9.17, 15) is 9.90 Å². The fourth-order valence-electron chi connectivity index (χ4n) is 5.50. The Morgan fingerprint density at radius 2 is 1.72 bits per heavy atom. The largest absolute Gasteiger partial charge is 0.478 e. The van der Waals surface area contributed by atoms with Crippen molar-refractivity contribution < 1.29 is 9.90 Å². The lowest BCUT2D eigenvalue weighted by Gasteiger charge is -2.03. The smallest absolute Gasteiger partial charge is 0.338 e. The summed E-state index contributed by atoms with van der Waals surface area (Å²) in [5.74, 6) is -0.754. The monoisotopic (exact) mass is 480 g/mol. The van der Waals surface area contributed by atoms with Crippen LogP contribution in [0.5, 0.6) is 0 Å². The molecule has 3 aromatic heterocycles. The van der Waals surface area contributed by atoms with Gasteiger partial charge in [0.15, 0.2) is 0 Å². The van der Waals surface area contributed by atoms with E-state index in [4.69, 9.17) is 9.97 Å². The van der Waals surface area contributed by atoms with Crippen LogP contribution in [0.1, 0.15) is 77.3 Å². The van der Waals surface area contributed by atoms with E-state index in [2.05, 4.69) is 56.4 Å². The second-order valence-corrected chi connectivity index (χ2v) is 9.90. The van der Waals surface area contributed by atoms with Gasteiger partial charge in [-0.05, 0) is 86.6 Å². The number of fused-ring (bicyclic) bond motifs is 8. The molecule has 0 aliphatic carbocycles. The summed E-state index contributed by atoms with van der Waals surface area (Å²) in [6.45, 7) is 16.3. The van der Waals surface area contributed by atoms with Gasteiger partial charge >= 0.3 is 5.97 Å². The van der Waals surface area contributed by atoms with Crippen LogP contribution in [0.2, 0.25) is 0 Å². The molecule has 0 unspecified atom stereocenters. The molecule has 0 fully saturated rings. The summed E-state index contributed by atoms with van der Waals surface area (Å²) < 4.78 is 0. The average molecular weight is 481 g/mol. The van der Waals surface area contributed by atoms with E-state index >= 15 is 0 Å². The van der Waals surface area contributed by atoms with Crippen molar-refractivity contribution in [1.29, 1.82) is 0 Å². The zero-order valence-corrected chi connectivity index (χ0v) is 21.8. The molecule has 3 aromatic rings. The number of aliphatic carboxylic acids is 1. The molecular formula is C30H32N4O2. The van der Waals surface area contributed by atoms with Gasteiger partial charge in [-0.15, -0.1) is 0 Å². The number of aryl methyl sites for hydroxylation is 3. The third-order valence-corrected chi connectivity index (χ3v) is 7.74. The Morgan fingerprint density at radius 3 is 2.39 bits per heavy atom. The van der Waals surface area contributed by atoms with E-state index in [-0.39, 0.29) is 11.5 Å². The number of carboxylic acid groups (broad SMARTS) is 1. The van der Waals surface area contributed by atoms with Gasteiger partial charge < -0.3 is 15.1 Å². The lowest BCUT2D eigenvalue weighted by molar-refractivity contribution is -0.130. The lowest BCUT2D eigenvalue weighted by Crippen LogP contribution is -2.02. The van der Waals surface area contributed by atoms with E-state index in [1.165, 1.54) is 11.1 Å². The Hall–Kier alpha value is -3.93. The topological polar surface area (TPSA) is 94.7 Å². The van der Waals surface area contributed by atoms with Gasteiger partial charge in [0.05, 0.1) is 17.0 Å². The number of allylic oxidation sites excluding steroid dienone is 1. The number of rotatable bonds is 3. The average Bonchev–Trinajstić information content (AvgIpc) is 3.53. The van der Waals surface area contributed by atoms with Gasteiger partial charge in [0.1, 0.15) is 0 Å². The molecule has 8 bridgehead atoms. The van der Waals surface area contributed by atoms with E-state index in [0.717, 1.165) is 63.0 Å². The Bertz CT molecular complexity index is 1650. The molecule has 2 aliphatic rings. The van der Waals surface area contributed by atoms with E-state index < -0.39 is 5.97 Å². The summed E-state index contributed by atoms with van der Waals surface area (Å²) in [7, 11) is 0. The summed E-state index contributed by atoms with van der Waals surface area (Å²) >= 11 is 0. The predicted molar refractivity (Wildman–Crippen MR) is 147 cm³/mol. The van der Waals surface area contributed by atoms with Crippen LogP contribution in [0.15, 0.2) is 24.8 Å². The molecule has 0 aromatic carbocycles. The van der Waals surface area contributed by atoms with Gasteiger partial charge in [0.25, 0.3) is 0 Å². The summed E-state index contributed by atoms with van der Waals surface area (Å²) in [5.41, 5.74) is 13.3. The SMILES string of the molecule is C=Cc1c(C)c2cc3nc(c(C)c4nc(cc5[nH]c(cc1[nH]2)c(C)c5CC)C(C)=C4C(=O)O)C[C@@H]3C. The Labute approximate surface area is 210 Å². The van der Waals surface area contributed by atoms with Gasteiger partial charge in [-0.2, -0.15) is 0 Å². The first-order valence-electron chi connectivity index (χ1n) is 12.4. The minimum absolute atomic E-state index is 0.211. The van der Waals surface area contributed by atoms with Crippen molar-refractivity contribution >= 4 is 45.3 Å². The van der Waals surface area contributed by atoms with Crippen molar-refractivity contribution in [2.75, 3.05) is 0 Å². The Balaban J connectivity index is 2.02. The van der Waals surface area contributed by atoms with Crippen LogP contribution in [-0.4, -0.2) is 31.0 Å². The standard InChI is InChI=1S/C30H32N4O2/c1-8-19-15(4)23-11-21-14(3)10-22(31-21)18(7)29-28(30(35)36)17(6)25(34-29)13-27-20(9-2)16(5)24(33-27)12-26(19)32-23/h8,11-14,32-33H,1,9-10H2,2-7H3,(H,35,36)/t14-/m0/s1. The van der Waals surface area contributed by atoms with E-state index in [1.807, 2.05) is 26.0 Å². The molecule has 0 saturated heterocycles. The highest BCUT2D eigenvalue weighted by Crippen LogP contribution is 2.35. The molecule has 6 heteroatoms. The molecule has 5 rings (SSSR count). The van der Waals surface area contributed by atoms with Crippen molar-refractivity contribution in [3.05, 3.63) is 75.4 Å². The molecule has 2 aliphatic heterocycles. The van der Waals surface area contributed by atoms with Crippen molar-refractivity contribution in [3.8, 4) is 0 Å². The van der Waals surface area contributed by atoms with Crippen LogP contribution >= 0.6 is 0 Å². The summed E-state index contributed by atoms with van der Waals surface area (Å²) in [4.78, 5) is 29.3. The maximum atomic E-state index is 12.3. The zero-order chi connectivity index (χ0) is 25.9. The molecule has 3 N–H and O–H groups in total. The molecule has 6 nitrogen and oxygen atoms in total. The number of nitrogens with zero attached hydrogens (tertiary/aromatic N) is 2. The molecule has 5 heterocycles. The quantitative estimate of drug-likeness (QED) is 0.384. The maximum Gasteiger partial charge on any atom is 0.338 e.